The molecule has 1 amide bonds. The van der Waals surface area contributed by atoms with Gasteiger partial charge in [-0.1, -0.05) is 13.8 Å². The Kier molecular flexibility index (Phi) is 6.39. The van der Waals surface area contributed by atoms with Gasteiger partial charge in [0.1, 0.15) is 5.65 Å². The van der Waals surface area contributed by atoms with Crippen molar-refractivity contribution >= 4 is 22.9 Å². The summed E-state index contributed by atoms with van der Waals surface area (Å²) >= 11 is 0. The molecule has 2 fully saturated rings. The number of hydrogen-bond acceptors (Lipinski definition) is 6. The van der Waals surface area contributed by atoms with Crippen molar-refractivity contribution in [1.29, 1.82) is 0 Å². The summed E-state index contributed by atoms with van der Waals surface area (Å²) in [5.74, 6) is 0.394. The van der Waals surface area contributed by atoms with Gasteiger partial charge in [-0.05, 0) is 45.1 Å². The molecule has 2 aliphatic rings. The van der Waals surface area contributed by atoms with E-state index in [0.717, 1.165) is 18.9 Å². The van der Waals surface area contributed by atoms with Gasteiger partial charge in [-0.3, -0.25) is 14.2 Å². The minimum atomic E-state index is -2.93. The number of fused-ring (bicyclic) bond motifs is 1. The number of nitrogens with zero attached hydrogens (tertiary/aromatic N) is 4. The van der Waals surface area contributed by atoms with Crippen molar-refractivity contribution in [2.75, 3.05) is 18.4 Å². The van der Waals surface area contributed by atoms with Crippen molar-refractivity contribution in [3.63, 3.8) is 0 Å². The Labute approximate surface area is 191 Å². The summed E-state index contributed by atoms with van der Waals surface area (Å²) in [6.45, 7) is 6.67. The summed E-state index contributed by atoms with van der Waals surface area (Å²) in [6, 6.07) is 0.551. The van der Waals surface area contributed by atoms with Crippen LogP contribution in [-0.2, 0) is 4.79 Å². The highest BCUT2D eigenvalue weighted by Gasteiger charge is 2.40. The monoisotopic (exact) mass is 463 g/mol. The molecule has 180 valence electrons. The van der Waals surface area contributed by atoms with E-state index in [0.29, 0.717) is 43.7 Å². The fraction of sp³-hybridized carbons (Fsp3) is 0.652. The molecule has 1 aliphatic heterocycles. The van der Waals surface area contributed by atoms with Crippen LogP contribution in [0.2, 0.25) is 0 Å². The molecule has 1 aliphatic carbocycles. The number of amides is 1. The van der Waals surface area contributed by atoms with Gasteiger partial charge in [0.25, 0.3) is 12.0 Å². The summed E-state index contributed by atoms with van der Waals surface area (Å²) in [4.78, 5) is 35.9. The maximum Gasteiger partial charge on any atom is 0.269 e. The molecule has 3 heterocycles. The highest BCUT2D eigenvalue weighted by atomic mass is 19.3. The van der Waals surface area contributed by atoms with Crippen LogP contribution >= 0.6 is 0 Å². The second-order valence-electron chi connectivity index (χ2n) is 9.71. The predicted octanol–water partition coefficient (Wildman–Crippen LogP) is 3.26. The molecule has 0 radical (unpaired) electrons. The van der Waals surface area contributed by atoms with Crippen LogP contribution in [0.3, 0.4) is 0 Å². The Hall–Kier alpha value is -2.62. The second kappa shape index (κ2) is 8.96. The maximum absolute atomic E-state index is 13.6. The van der Waals surface area contributed by atoms with Crippen LogP contribution in [0.4, 0.5) is 14.7 Å². The maximum atomic E-state index is 13.6. The zero-order valence-corrected chi connectivity index (χ0v) is 19.2. The van der Waals surface area contributed by atoms with E-state index >= 15 is 0 Å². The number of halogens is 2. The van der Waals surface area contributed by atoms with Crippen molar-refractivity contribution in [2.45, 2.75) is 77.0 Å². The van der Waals surface area contributed by atoms with Crippen LogP contribution in [0.25, 0.3) is 11.0 Å². The number of nitrogens with one attached hydrogen (secondary N) is 1. The molecule has 0 bridgehead atoms. The van der Waals surface area contributed by atoms with E-state index in [1.165, 1.54) is 10.8 Å². The number of carbonyl (C=O) groups is 1. The Morgan fingerprint density at radius 1 is 1.27 bits per heavy atom. The van der Waals surface area contributed by atoms with Gasteiger partial charge in [0, 0.05) is 36.6 Å². The lowest BCUT2D eigenvalue weighted by atomic mass is 9.99. The molecule has 8 nitrogen and oxygen atoms in total. The van der Waals surface area contributed by atoms with Crippen molar-refractivity contribution in [2.24, 2.45) is 5.92 Å². The zero-order chi connectivity index (χ0) is 23.9. The van der Waals surface area contributed by atoms with Crippen LogP contribution in [0.1, 0.15) is 70.9 Å². The predicted molar refractivity (Wildman–Crippen MR) is 120 cm³/mol. The third-order valence-electron chi connectivity index (χ3n) is 6.86. The Morgan fingerprint density at radius 2 is 1.97 bits per heavy atom. The number of piperidine rings is 1. The third kappa shape index (κ3) is 4.58. The zero-order valence-electron chi connectivity index (χ0n) is 19.2. The van der Waals surface area contributed by atoms with Gasteiger partial charge in [-0.15, -0.1) is 0 Å². The van der Waals surface area contributed by atoms with Crippen molar-refractivity contribution < 1.29 is 18.7 Å². The molecule has 10 heteroatoms. The first-order valence-electron chi connectivity index (χ1n) is 11.6. The van der Waals surface area contributed by atoms with Crippen molar-refractivity contribution in [1.82, 2.24) is 19.4 Å². The molecule has 0 aromatic carbocycles. The fourth-order valence-electron chi connectivity index (χ4n) is 4.99. The molecule has 4 rings (SSSR count). The van der Waals surface area contributed by atoms with Crippen LogP contribution in [0.5, 0.6) is 0 Å². The number of likely N-dealkylation sites (tertiary alicyclic amines) is 1. The number of alkyl halides is 2. The fourth-order valence-corrected chi connectivity index (χ4v) is 4.99. The minimum absolute atomic E-state index is 0.0407. The van der Waals surface area contributed by atoms with E-state index in [2.05, 4.69) is 15.3 Å². The normalized spacial score (nSPS) is 24.2. The van der Waals surface area contributed by atoms with Crippen molar-refractivity contribution in [3.8, 4) is 0 Å². The van der Waals surface area contributed by atoms with E-state index < -0.39 is 29.2 Å². The first-order chi connectivity index (χ1) is 15.6. The largest absolute Gasteiger partial charge is 0.388 e. The van der Waals surface area contributed by atoms with Crippen LogP contribution in [0, 0.1) is 5.92 Å². The first-order valence-corrected chi connectivity index (χ1v) is 11.6. The lowest BCUT2D eigenvalue weighted by molar-refractivity contribution is -0.135. The van der Waals surface area contributed by atoms with Crippen LogP contribution in [-0.4, -0.2) is 55.2 Å². The summed E-state index contributed by atoms with van der Waals surface area (Å²) < 4.78 is 28.4. The van der Waals surface area contributed by atoms with Gasteiger partial charge in [0.15, 0.2) is 0 Å². The van der Waals surface area contributed by atoms with Gasteiger partial charge in [-0.25, -0.2) is 13.8 Å². The van der Waals surface area contributed by atoms with Gasteiger partial charge >= 0.3 is 0 Å². The van der Waals surface area contributed by atoms with Crippen molar-refractivity contribution in [3.05, 3.63) is 28.2 Å². The van der Waals surface area contributed by atoms with E-state index in [-0.39, 0.29) is 23.5 Å². The minimum Gasteiger partial charge on any atom is -0.388 e. The Balaban J connectivity index is 1.65. The van der Waals surface area contributed by atoms with Crippen LogP contribution < -0.4 is 10.9 Å². The number of aliphatic hydroxyl groups is 1. The van der Waals surface area contributed by atoms with E-state index in [1.807, 2.05) is 18.7 Å². The van der Waals surface area contributed by atoms with Gasteiger partial charge in [-0.2, -0.15) is 4.98 Å². The number of pyridine rings is 1. The molecule has 0 unspecified atom stereocenters. The number of aromatic nitrogens is 3. The standard InChI is InChI=1S/C23H31F2N5O3/c1-13(2)20(31)29-9-6-15(7-10-29)27-22-26-12-14-11-16(18(24)25)21(32)30(19(14)28-22)17-5-4-8-23(17,3)33/h11-13,15,17-18,33H,4-10H2,1-3H3,(H,26,27,28)/t17-,23-/m1/s1. The average Bonchev–Trinajstić information content (AvgIpc) is 3.11. The number of anilines is 1. The van der Waals surface area contributed by atoms with E-state index in [9.17, 15) is 23.5 Å². The second-order valence-corrected chi connectivity index (χ2v) is 9.71. The summed E-state index contributed by atoms with van der Waals surface area (Å²) in [5, 5.41) is 14.4. The highest BCUT2D eigenvalue weighted by Crippen LogP contribution is 2.39. The Bertz CT molecular complexity index is 1090. The van der Waals surface area contributed by atoms with Gasteiger partial charge < -0.3 is 15.3 Å². The lowest BCUT2D eigenvalue weighted by Crippen LogP contribution is -2.44. The number of carbonyl (C=O) groups excluding carboxylic acids is 1. The lowest BCUT2D eigenvalue weighted by Gasteiger charge is -2.33. The molecule has 2 N–H and O–H groups in total. The Morgan fingerprint density at radius 3 is 2.55 bits per heavy atom. The molecule has 0 spiro atoms. The third-order valence-corrected chi connectivity index (χ3v) is 6.86. The van der Waals surface area contributed by atoms with E-state index in [1.54, 1.807) is 6.92 Å². The first kappa shape index (κ1) is 23.5. The molecule has 2 aromatic rings. The van der Waals surface area contributed by atoms with Gasteiger partial charge in [0.2, 0.25) is 11.9 Å². The van der Waals surface area contributed by atoms with Gasteiger partial charge in [0.05, 0.1) is 17.2 Å². The molecule has 2 atom stereocenters. The molecule has 1 saturated carbocycles. The molecular formula is C23H31F2N5O3. The quantitative estimate of drug-likeness (QED) is 0.706. The molecule has 1 saturated heterocycles. The summed E-state index contributed by atoms with van der Waals surface area (Å²) in [5.41, 5.74) is -2.39. The molecule has 33 heavy (non-hydrogen) atoms. The van der Waals surface area contributed by atoms with E-state index in [4.69, 9.17) is 0 Å². The number of rotatable bonds is 5. The molecule has 2 aromatic heterocycles. The SMILES string of the molecule is CC(C)C(=O)N1CCC(Nc2ncc3cc(C(F)F)c(=O)n([C@@H]4CCC[C@@]4(C)O)c3n2)CC1. The molecular weight excluding hydrogens is 432 g/mol. The smallest absolute Gasteiger partial charge is 0.269 e. The number of hydrogen-bond donors (Lipinski definition) is 2. The highest BCUT2D eigenvalue weighted by molar-refractivity contribution is 5.78. The topological polar surface area (TPSA) is 100 Å². The average molecular weight is 464 g/mol. The van der Waals surface area contributed by atoms with Crippen LogP contribution in [0.15, 0.2) is 17.1 Å². The summed E-state index contributed by atoms with van der Waals surface area (Å²) in [7, 11) is 0. The summed E-state index contributed by atoms with van der Waals surface area (Å²) in [6.07, 6.45) is 1.64.